The summed E-state index contributed by atoms with van der Waals surface area (Å²) in [6, 6.07) is 0. The van der Waals surface area contributed by atoms with Crippen molar-refractivity contribution in [2.45, 2.75) is 26.2 Å². The molecule has 0 bridgehead atoms. The summed E-state index contributed by atoms with van der Waals surface area (Å²) in [7, 11) is 0. The summed E-state index contributed by atoms with van der Waals surface area (Å²) in [6.07, 6.45) is 11.8. The predicted octanol–water partition coefficient (Wildman–Crippen LogP) is 3.72. The van der Waals surface area contributed by atoms with E-state index in [0.29, 0.717) is 0 Å². The monoisotopic (exact) mass is 217 g/mol. The zero-order chi connectivity index (χ0) is 11.8. The quantitative estimate of drug-likeness (QED) is 0.501. The number of rotatable bonds is 5. The molecule has 0 amide bonds. The largest absolute Gasteiger partial charge is 0.298 e. The van der Waals surface area contributed by atoms with Gasteiger partial charge in [-0.1, -0.05) is 36.5 Å². The van der Waals surface area contributed by atoms with E-state index >= 15 is 0 Å². The first-order chi connectivity index (χ1) is 7.76. The van der Waals surface area contributed by atoms with Crippen molar-refractivity contribution in [3.63, 3.8) is 0 Å². The Hall–Kier alpha value is -1.08. The Balaban J connectivity index is 2.39. The van der Waals surface area contributed by atoms with Crippen LogP contribution in [0.3, 0.4) is 0 Å². The maximum Gasteiger partial charge on any atom is 0.0230 e. The van der Waals surface area contributed by atoms with Crippen molar-refractivity contribution >= 4 is 0 Å². The minimum Gasteiger partial charge on any atom is -0.298 e. The van der Waals surface area contributed by atoms with Crippen molar-refractivity contribution < 1.29 is 0 Å². The minimum atomic E-state index is 0.953. The summed E-state index contributed by atoms with van der Waals surface area (Å²) in [5.41, 5.74) is 2.80. The number of piperidine rings is 1. The molecule has 0 N–H and O–H groups in total. The smallest absolute Gasteiger partial charge is 0.0230 e. The zero-order valence-corrected chi connectivity index (χ0v) is 10.4. The molecule has 0 saturated carbocycles. The first kappa shape index (κ1) is 13.0. The maximum atomic E-state index is 4.04. The van der Waals surface area contributed by atoms with Crippen LogP contribution in [0.1, 0.15) is 26.2 Å². The highest BCUT2D eigenvalue weighted by Crippen LogP contribution is 2.15. The molecule has 1 aliphatic heterocycles. The van der Waals surface area contributed by atoms with Crippen LogP contribution in [0.5, 0.6) is 0 Å². The first-order valence-electron chi connectivity index (χ1n) is 6.08. The number of likely N-dealkylation sites (tertiary alicyclic amines) is 1. The van der Waals surface area contributed by atoms with E-state index in [4.69, 9.17) is 0 Å². The maximum absolute atomic E-state index is 4.04. The topological polar surface area (TPSA) is 3.24 Å². The van der Waals surface area contributed by atoms with Crippen LogP contribution in [-0.4, -0.2) is 24.5 Å². The number of nitrogens with zero attached hydrogens (tertiary/aromatic N) is 1. The molecule has 0 aromatic heterocycles. The number of allylic oxidation sites excluding steroid dienone is 3. The Labute approximate surface area is 99.8 Å². The molecule has 0 radical (unpaired) electrons. The Morgan fingerprint density at radius 3 is 2.62 bits per heavy atom. The van der Waals surface area contributed by atoms with Crippen LogP contribution in [0.4, 0.5) is 0 Å². The van der Waals surface area contributed by atoms with E-state index in [9.17, 15) is 0 Å². The SMILES string of the molecule is C=CC/C=C\C(=C/C)CN1CCC(=C)CC1. The second kappa shape index (κ2) is 7.24. The van der Waals surface area contributed by atoms with Gasteiger partial charge in [-0.3, -0.25) is 4.90 Å². The second-order valence-electron chi connectivity index (χ2n) is 4.32. The first-order valence-corrected chi connectivity index (χ1v) is 6.08. The van der Waals surface area contributed by atoms with Crippen molar-refractivity contribution in [1.82, 2.24) is 4.90 Å². The molecule has 1 heterocycles. The van der Waals surface area contributed by atoms with Gasteiger partial charge in [-0.25, -0.2) is 0 Å². The third-order valence-corrected chi connectivity index (χ3v) is 2.97. The molecule has 0 atom stereocenters. The van der Waals surface area contributed by atoms with Gasteiger partial charge in [0.05, 0.1) is 0 Å². The Morgan fingerprint density at radius 1 is 1.38 bits per heavy atom. The standard InChI is InChI=1S/C15H23N/c1-4-6-7-8-15(5-2)13-16-11-9-14(3)10-12-16/h4-5,7-8H,1,3,6,9-13H2,2H3/b8-7-,15-5+. The van der Waals surface area contributed by atoms with E-state index in [0.717, 1.165) is 38.9 Å². The summed E-state index contributed by atoms with van der Waals surface area (Å²) >= 11 is 0. The van der Waals surface area contributed by atoms with Crippen molar-refractivity contribution in [2.75, 3.05) is 19.6 Å². The van der Waals surface area contributed by atoms with E-state index in [-0.39, 0.29) is 0 Å². The molecule has 1 rings (SSSR count). The molecule has 16 heavy (non-hydrogen) atoms. The van der Waals surface area contributed by atoms with Crippen molar-refractivity contribution in [1.29, 1.82) is 0 Å². The van der Waals surface area contributed by atoms with Gasteiger partial charge >= 0.3 is 0 Å². The predicted molar refractivity (Wildman–Crippen MR) is 72.5 cm³/mol. The highest BCUT2D eigenvalue weighted by Gasteiger charge is 2.12. The van der Waals surface area contributed by atoms with E-state index in [1.54, 1.807) is 0 Å². The highest BCUT2D eigenvalue weighted by atomic mass is 15.1. The minimum absolute atomic E-state index is 0.953. The molecule has 88 valence electrons. The summed E-state index contributed by atoms with van der Waals surface area (Å²) in [5.74, 6) is 0. The summed E-state index contributed by atoms with van der Waals surface area (Å²) < 4.78 is 0. The van der Waals surface area contributed by atoms with E-state index in [1.165, 1.54) is 11.1 Å². The van der Waals surface area contributed by atoms with Gasteiger partial charge < -0.3 is 0 Å². The van der Waals surface area contributed by atoms with Gasteiger partial charge in [-0.2, -0.15) is 0 Å². The van der Waals surface area contributed by atoms with Crippen LogP contribution in [0.25, 0.3) is 0 Å². The van der Waals surface area contributed by atoms with Gasteiger partial charge in [0.25, 0.3) is 0 Å². The lowest BCUT2D eigenvalue weighted by Crippen LogP contribution is -2.31. The summed E-state index contributed by atoms with van der Waals surface area (Å²) in [5, 5.41) is 0. The van der Waals surface area contributed by atoms with Gasteiger partial charge in [0.1, 0.15) is 0 Å². The van der Waals surface area contributed by atoms with Crippen LogP contribution in [0.2, 0.25) is 0 Å². The highest BCUT2D eigenvalue weighted by molar-refractivity contribution is 5.20. The molecule has 0 aliphatic carbocycles. The molecule has 1 saturated heterocycles. The Kier molecular flexibility index (Phi) is 5.87. The molecule has 1 heteroatoms. The zero-order valence-electron chi connectivity index (χ0n) is 10.4. The van der Waals surface area contributed by atoms with E-state index in [1.807, 2.05) is 6.08 Å². The van der Waals surface area contributed by atoms with E-state index < -0.39 is 0 Å². The van der Waals surface area contributed by atoms with Gasteiger partial charge in [0.2, 0.25) is 0 Å². The molecule has 0 unspecified atom stereocenters. The van der Waals surface area contributed by atoms with E-state index in [2.05, 4.69) is 43.2 Å². The van der Waals surface area contributed by atoms with Gasteiger partial charge in [-0.15, -0.1) is 6.58 Å². The third-order valence-electron chi connectivity index (χ3n) is 2.97. The van der Waals surface area contributed by atoms with Crippen molar-refractivity contribution in [2.24, 2.45) is 0 Å². The average Bonchev–Trinajstić information content (AvgIpc) is 2.31. The van der Waals surface area contributed by atoms with Crippen LogP contribution >= 0.6 is 0 Å². The van der Waals surface area contributed by atoms with Crippen LogP contribution in [0, 0.1) is 0 Å². The normalized spacial score (nSPS) is 19.3. The lowest BCUT2D eigenvalue weighted by molar-refractivity contribution is 0.279. The molecule has 1 nitrogen and oxygen atoms in total. The van der Waals surface area contributed by atoms with Crippen LogP contribution in [0.15, 0.2) is 48.6 Å². The summed E-state index contributed by atoms with van der Waals surface area (Å²) in [6.45, 7) is 13.2. The average molecular weight is 217 g/mol. The van der Waals surface area contributed by atoms with Crippen molar-refractivity contribution in [3.05, 3.63) is 48.6 Å². The number of hydrogen-bond acceptors (Lipinski definition) is 1. The molecule has 0 spiro atoms. The molecule has 0 aromatic carbocycles. The molecular formula is C15H23N. The fourth-order valence-corrected chi connectivity index (χ4v) is 1.84. The fraction of sp³-hybridized carbons (Fsp3) is 0.467. The fourth-order valence-electron chi connectivity index (χ4n) is 1.84. The Bertz CT molecular complexity index is 287. The molecule has 0 aromatic rings. The van der Waals surface area contributed by atoms with Gasteiger partial charge in [0.15, 0.2) is 0 Å². The van der Waals surface area contributed by atoms with Crippen LogP contribution in [-0.2, 0) is 0 Å². The lowest BCUT2D eigenvalue weighted by atomic mass is 10.1. The summed E-state index contributed by atoms with van der Waals surface area (Å²) in [4.78, 5) is 2.50. The third kappa shape index (κ3) is 4.63. The lowest BCUT2D eigenvalue weighted by Gasteiger charge is -2.28. The number of hydrogen-bond donors (Lipinski definition) is 0. The van der Waals surface area contributed by atoms with Gasteiger partial charge in [0, 0.05) is 19.6 Å². The second-order valence-corrected chi connectivity index (χ2v) is 4.32. The van der Waals surface area contributed by atoms with Crippen LogP contribution < -0.4 is 0 Å². The van der Waals surface area contributed by atoms with Crippen molar-refractivity contribution in [3.8, 4) is 0 Å². The Morgan fingerprint density at radius 2 is 2.06 bits per heavy atom. The molecule has 1 fully saturated rings. The molecular weight excluding hydrogens is 194 g/mol. The molecule has 1 aliphatic rings. The van der Waals surface area contributed by atoms with Gasteiger partial charge in [-0.05, 0) is 31.8 Å².